The van der Waals surface area contributed by atoms with Crippen LogP contribution in [0.15, 0.2) is 108 Å². The lowest BCUT2D eigenvalue weighted by Crippen LogP contribution is -2.39. The van der Waals surface area contributed by atoms with E-state index >= 15 is 0 Å². The Kier molecular flexibility index (Phi) is 7.77. The lowest BCUT2D eigenvalue weighted by Gasteiger charge is -2.27. The van der Waals surface area contributed by atoms with E-state index < -0.39 is 0 Å². The van der Waals surface area contributed by atoms with E-state index in [1.165, 1.54) is 0 Å². The Morgan fingerprint density at radius 3 is 2.08 bits per heavy atom. The molecule has 5 rings (SSSR count). The van der Waals surface area contributed by atoms with E-state index in [4.69, 9.17) is 4.42 Å². The zero-order valence-electron chi connectivity index (χ0n) is 20.8. The first-order valence-electron chi connectivity index (χ1n) is 12.7. The summed E-state index contributed by atoms with van der Waals surface area (Å²) in [5.74, 6) is 0.765. The second kappa shape index (κ2) is 11.7. The second-order valence-corrected chi connectivity index (χ2v) is 9.47. The van der Waals surface area contributed by atoms with Gasteiger partial charge in [0.25, 0.3) is 5.91 Å². The van der Waals surface area contributed by atoms with Gasteiger partial charge in [0.1, 0.15) is 5.76 Å². The number of furan rings is 1. The van der Waals surface area contributed by atoms with Crippen molar-refractivity contribution in [2.24, 2.45) is 0 Å². The van der Waals surface area contributed by atoms with Crippen LogP contribution in [0.2, 0.25) is 0 Å². The monoisotopic (exact) mass is 493 g/mol. The highest BCUT2D eigenvalue weighted by Gasteiger charge is 2.24. The Balaban J connectivity index is 1.32. The largest absolute Gasteiger partial charge is 0.468 e. The highest BCUT2D eigenvalue weighted by atomic mass is 16.3. The summed E-state index contributed by atoms with van der Waals surface area (Å²) in [5, 5.41) is 3.02. The maximum Gasteiger partial charge on any atom is 0.251 e. The lowest BCUT2D eigenvalue weighted by molar-refractivity contribution is -0.120. The molecule has 2 amide bonds. The number of amides is 2. The molecule has 1 aromatic heterocycles. The van der Waals surface area contributed by atoms with Crippen molar-refractivity contribution in [3.63, 3.8) is 0 Å². The number of rotatable bonds is 11. The van der Waals surface area contributed by atoms with E-state index in [0.29, 0.717) is 31.2 Å². The summed E-state index contributed by atoms with van der Waals surface area (Å²) >= 11 is 0. The fraction of sp³-hybridized carbons (Fsp3) is 0.226. The van der Waals surface area contributed by atoms with Crippen LogP contribution in [0.25, 0.3) is 0 Å². The van der Waals surface area contributed by atoms with Gasteiger partial charge in [-0.05, 0) is 60.4 Å². The molecule has 0 saturated heterocycles. The lowest BCUT2D eigenvalue weighted by atomic mass is 10.1. The van der Waals surface area contributed by atoms with Crippen molar-refractivity contribution in [1.29, 1.82) is 0 Å². The van der Waals surface area contributed by atoms with Gasteiger partial charge in [0.05, 0.1) is 25.9 Å². The molecule has 1 N–H and O–H groups in total. The molecule has 0 radical (unpaired) electrons. The van der Waals surface area contributed by atoms with Crippen molar-refractivity contribution in [3.8, 4) is 0 Å². The number of carbonyl (C=O) groups excluding carboxylic acids is 2. The number of hydrogen-bond acceptors (Lipinski definition) is 4. The van der Waals surface area contributed by atoms with E-state index in [2.05, 4.69) is 10.2 Å². The average Bonchev–Trinajstić information content (AvgIpc) is 3.60. The first kappa shape index (κ1) is 24.5. The first-order valence-corrected chi connectivity index (χ1v) is 12.7. The number of nitrogens with one attached hydrogen (secondary N) is 1. The highest BCUT2D eigenvalue weighted by molar-refractivity contribution is 5.95. The molecule has 4 aromatic rings. The van der Waals surface area contributed by atoms with Gasteiger partial charge in [-0.25, -0.2) is 0 Å². The van der Waals surface area contributed by atoms with Crippen molar-refractivity contribution in [2.75, 3.05) is 11.4 Å². The van der Waals surface area contributed by atoms with Crippen LogP contribution in [-0.2, 0) is 24.4 Å². The molecule has 6 nitrogen and oxygen atoms in total. The summed E-state index contributed by atoms with van der Waals surface area (Å²) in [7, 11) is 0. The molecule has 188 valence electrons. The van der Waals surface area contributed by atoms with Crippen LogP contribution in [0.4, 0.5) is 5.69 Å². The molecule has 0 unspecified atom stereocenters. The van der Waals surface area contributed by atoms with Crippen LogP contribution in [0.1, 0.15) is 40.1 Å². The summed E-state index contributed by atoms with van der Waals surface area (Å²) < 4.78 is 5.60. The van der Waals surface area contributed by atoms with Crippen molar-refractivity contribution in [1.82, 2.24) is 10.2 Å². The molecule has 0 spiro atoms. The third kappa shape index (κ3) is 6.96. The van der Waals surface area contributed by atoms with Crippen molar-refractivity contribution in [3.05, 3.63) is 126 Å². The molecule has 1 fully saturated rings. The van der Waals surface area contributed by atoms with Crippen LogP contribution in [-0.4, -0.2) is 29.3 Å². The van der Waals surface area contributed by atoms with E-state index in [9.17, 15) is 9.59 Å². The SMILES string of the molecule is O=C(NC1CC1)c1ccc(CN(CC(=O)N(Cc2ccccc2)c2ccccc2)Cc2ccco2)cc1. The van der Waals surface area contributed by atoms with Gasteiger partial charge >= 0.3 is 0 Å². The molecule has 3 aromatic carbocycles. The maximum atomic E-state index is 13.7. The minimum Gasteiger partial charge on any atom is -0.468 e. The number of benzene rings is 3. The molecule has 1 aliphatic carbocycles. The smallest absolute Gasteiger partial charge is 0.251 e. The quantitative estimate of drug-likeness (QED) is 0.304. The van der Waals surface area contributed by atoms with Crippen LogP contribution in [0.5, 0.6) is 0 Å². The van der Waals surface area contributed by atoms with Gasteiger partial charge < -0.3 is 14.6 Å². The van der Waals surface area contributed by atoms with E-state index in [1.807, 2.05) is 102 Å². The van der Waals surface area contributed by atoms with Gasteiger partial charge in [-0.2, -0.15) is 0 Å². The molecule has 37 heavy (non-hydrogen) atoms. The predicted molar refractivity (Wildman–Crippen MR) is 144 cm³/mol. The summed E-state index contributed by atoms with van der Waals surface area (Å²) in [4.78, 5) is 30.0. The third-order valence-electron chi connectivity index (χ3n) is 6.41. The summed E-state index contributed by atoms with van der Waals surface area (Å²) in [6.45, 7) is 1.75. The van der Waals surface area contributed by atoms with Crippen LogP contribution >= 0.6 is 0 Å². The molecule has 1 saturated carbocycles. The zero-order chi connectivity index (χ0) is 25.5. The fourth-order valence-electron chi connectivity index (χ4n) is 4.28. The Morgan fingerprint density at radius 1 is 0.757 bits per heavy atom. The number of carbonyl (C=O) groups is 2. The molecule has 1 aliphatic rings. The average molecular weight is 494 g/mol. The second-order valence-electron chi connectivity index (χ2n) is 9.47. The van der Waals surface area contributed by atoms with Gasteiger partial charge in [-0.1, -0.05) is 60.7 Å². The van der Waals surface area contributed by atoms with Gasteiger partial charge in [-0.15, -0.1) is 0 Å². The molecule has 0 aliphatic heterocycles. The first-order chi connectivity index (χ1) is 18.1. The molecule has 6 heteroatoms. The number of nitrogens with zero attached hydrogens (tertiary/aromatic N) is 2. The standard InChI is InChI=1S/C31H31N3O3/c35-30(34(28-10-5-2-6-11-28)21-24-8-3-1-4-9-24)23-33(22-29-12-7-19-37-29)20-25-13-15-26(16-14-25)31(36)32-27-17-18-27/h1-16,19,27H,17-18,20-23H2,(H,32,36). The number of hydrogen-bond donors (Lipinski definition) is 1. The van der Waals surface area contributed by atoms with E-state index in [-0.39, 0.29) is 18.4 Å². The molecular weight excluding hydrogens is 462 g/mol. The van der Waals surface area contributed by atoms with Gasteiger partial charge in [0.2, 0.25) is 5.91 Å². The summed E-state index contributed by atoms with van der Waals surface area (Å²) in [5.41, 5.74) is 3.61. The molecular formula is C31H31N3O3. The van der Waals surface area contributed by atoms with Gasteiger partial charge in [0, 0.05) is 23.8 Å². The highest BCUT2D eigenvalue weighted by Crippen LogP contribution is 2.21. The number of para-hydroxylation sites is 1. The number of anilines is 1. The fourth-order valence-corrected chi connectivity index (χ4v) is 4.28. The summed E-state index contributed by atoms with van der Waals surface area (Å²) in [6.07, 6.45) is 3.77. The Labute approximate surface area is 217 Å². The Hall–Kier alpha value is -4.16. The molecule has 0 atom stereocenters. The van der Waals surface area contributed by atoms with Crippen molar-refractivity contribution < 1.29 is 14.0 Å². The molecule has 1 heterocycles. The minimum atomic E-state index is -0.0314. The van der Waals surface area contributed by atoms with Gasteiger partial charge in [-0.3, -0.25) is 14.5 Å². The maximum absolute atomic E-state index is 13.7. The Morgan fingerprint density at radius 2 is 1.43 bits per heavy atom. The normalized spacial score (nSPS) is 12.9. The zero-order valence-corrected chi connectivity index (χ0v) is 20.8. The van der Waals surface area contributed by atoms with Crippen molar-refractivity contribution in [2.45, 2.75) is 38.5 Å². The topological polar surface area (TPSA) is 65.8 Å². The van der Waals surface area contributed by atoms with Crippen molar-refractivity contribution >= 4 is 17.5 Å². The summed E-state index contributed by atoms with van der Waals surface area (Å²) in [6, 6.07) is 31.5. The molecule has 0 bridgehead atoms. The minimum absolute atomic E-state index is 0.00189. The van der Waals surface area contributed by atoms with Crippen LogP contribution in [0.3, 0.4) is 0 Å². The predicted octanol–water partition coefficient (Wildman–Crippen LogP) is 5.41. The Bertz CT molecular complexity index is 1280. The van der Waals surface area contributed by atoms with Gasteiger partial charge in [0.15, 0.2) is 0 Å². The van der Waals surface area contributed by atoms with E-state index in [1.54, 1.807) is 6.26 Å². The third-order valence-corrected chi connectivity index (χ3v) is 6.41. The van der Waals surface area contributed by atoms with Crippen LogP contribution in [0, 0.1) is 0 Å². The van der Waals surface area contributed by atoms with Crippen LogP contribution < -0.4 is 10.2 Å². The van der Waals surface area contributed by atoms with E-state index in [0.717, 1.165) is 35.4 Å².